The van der Waals surface area contributed by atoms with Crippen LogP contribution >= 0.6 is 0 Å². The van der Waals surface area contributed by atoms with Crippen LogP contribution in [0.25, 0.3) is 33.7 Å². The van der Waals surface area contributed by atoms with Gasteiger partial charge in [0.1, 0.15) is 0 Å². The largest absolute Gasteiger partial charge is 0.412 e. The van der Waals surface area contributed by atoms with E-state index >= 15 is 0 Å². The van der Waals surface area contributed by atoms with Gasteiger partial charge in [-0.1, -0.05) is 97.1 Å². The zero-order valence-corrected chi connectivity index (χ0v) is 15.0. The average Bonchev–Trinajstić information content (AvgIpc) is 2.72. The first-order chi connectivity index (χ1) is 13.3. The minimum atomic E-state index is -0.200. The van der Waals surface area contributed by atoms with Crippen LogP contribution in [0.2, 0.25) is 0 Å². The molecule has 4 aromatic rings. The van der Waals surface area contributed by atoms with Crippen molar-refractivity contribution in [3.63, 3.8) is 0 Å². The van der Waals surface area contributed by atoms with E-state index in [2.05, 4.69) is 72.8 Å². The molecule has 0 radical (unpaired) electrons. The van der Waals surface area contributed by atoms with E-state index in [4.69, 9.17) is 1.37 Å². The summed E-state index contributed by atoms with van der Waals surface area (Å²) in [5.74, 6) is 0. The van der Waals surface area contributed by atoms with Crippen LogP contribution in [0.3, 0.4) is 0 Å². The zero-order chi connectivity index (χ0) is 18.2. The highest BCUT2D eigenvalue weighted by molar-refractivity contribution is 5.95. The van der Waals surface area contributed by atoms with Crippen molar-refractivity contribution in [2.45, 2.75) is 12.8 Å². The van der Waals surface area contributed by atoms with Crippen molar-refractivity contribution in [3.8, 4) is 0 Å². The topological polar surface area (TPSA) is 31.5 Å². The van der Waals surface area contributed by atoms with Gasteiger partial charge in [-0.15, -0.1) is 0 Å². The van der Waals surface area contributed by atoms with Crippen LogP contribution in [0, 0.1) is 0 Å². The minimum Gasteiger partial charge on any atom is -0.412 e. The fraction of sp³-hybridized carbons (Fsp3) is 0.0769. The molecule has 2 aliphatic carbocycles. The van der Waals surface area contributed by atoms with Gasteiger partial charge in [-0.2, -0.15) is 0 Å². The Bertz CT molecular complexity index is 1210. The van der Waals surface area contributed by atoms with E-state index in [1.54, 1.807) is 0 Å². The number of allylic oxidation sites excluding steroid dienone is 2. The molecule has 132 valence electrons. The number of hydrogen-bond donors (Lipinski definition) is 0. The van der Waals surface area contributed by atoms with Crippen molar-refractivity contribution in [2.75, 3.05) is 0 Å². The summed E-state index contributed by atoms with van der Waals surface area (Å²) in [5.41, 5.74) is 5.18. The van der Waals surface area contributed by atoms with Crippen LogP contribution in [0.4, 0.5) is 0 Å². The summed E-state index contributed by atoms with van der Waals surface area (Å²) >= 11 is 0. The Hall–Kier alpha value is -3.16. The van der Waals surface area contributed by atoms with E-state index in [9.17, 15) is 0 Å². The predicted octanol–water partition coefficient (Wildman–Crippen LogP) is 5.99. The number of hydrogen-bond acceptors (Lipinski definition) is 0. The van der Waals surface area contributed by atoms with Crippen molar-refractivity contribution in [2.24, 2.45) is 0 Å². The highest BCUT2D eigenvalue weighted by atomic mass is 16.0. The van der Waals surface area contributed by atoms with Gasteiger partial charge in [0.15, 0.2) is 0 Å². The molecule has 0 bridgehead atoms. The third kappa shape index (κ3) is 3.07. The van der Waals surface area contributed by atoms with E-state index in [1.165, 1.54) is 38.2 Å². The maximum atomic E-state index is 7.90. The van der Waals surface area contributed by atoms with E-state index in [-0.39, 0.29) is 11.9 Å². The standard InChI is InChI=1S/2C13H10.H2O/c2*1-4-10-6-2-8-12-9-3-7-11(5-1)13(10)12;/h2*1-8H,9H2;1H2/i9D;;. The second-order valence-electron chi connectivity index (χ2n) is 6.79. The van der Waals surface area contributed by atoms with Gasteiger partial charge < -0.3 is 5.48 Å². The highest BCUT2D eigenvalue weighted by Gasteiger charge is 2.07. The smallest absolute Gasteiger partial charge is 0.0360 e. The van der Waals surface area contributed by atoms with Crippen LogP contribution < -0.4 is 0 Å². The molecule has 4 aromatic carbocycles. The molecule has 1 atom stereocenters. The molecule has 27 heavy (non-hydrogen) atoms. The summed E-state index contributed by atoms with van der Waals surface area (Å²) in [5, 5.41) is 5.28. The third-order valence-electron chi connectivity index (χ3n) is 5.18. The molecule has 0 aliphatic heterocycles. The lowest BCUT2D eigenvalue weighted by Crippen LogP contribution is -1.91. The molecule has 0 heterocycles. The Morgan fingerprint density at radius 1 is 0.593 bits per heavy atom. The number of rotatable bonds is 0. The lowest BCUT2D eigenvalue weighted by atomic mass is 9.93. The molecule has 0 spiro atoms. The predicted molar refractivity (Wildman–Crippen MR) is 117 cm³/mol. The van der Waals surface area contributed by atoms with Gasteiger partial charge in [-0.3, -0.25) is 0 Å². The third-order valence-corrected chi connectivity index (χ3v) is 5.18. The second-order valence-corrected chi connectivity index (χ2v) is 6.79. The Morgan fingerprint density at radius 3 is 1.78 bits per heavy atom. The summed E-state index contributed by atoms with van der Waals surface area (Å²) in [4.78, 5) is 0. The monoisotopic (exact) mass is 351 g/mol. The SMILES string of the molecule is C1=Cc2cccc3cccc(c23)C1.O.[2H]C1C=Cc2cccc3cccc1c23. The van der Waals surface area contributed by atoms with Gasteiger partial charge in [0, 0.05) is 1.37 Å². The van der Waals surface area contributed by atoms with Gasteiger partial charge in [-0.05, 0) is 56.6 Å². The lowest BCUT2D eigenvalue weighted by Gasteiger charge is -2.11. The van der Waals surface area contributed by atoms with E-state index in [0.717, 1.165) is 12.0 Å². The molecule has 1 nitrogen and oxygen atoms in total. The van der Waals surface area contributed by atoms with E-state index in [1.807, 2.05) is 24.3 Å². The maximum Gasteiger partial charge on any atom is 0.0360 e. The Labute approximate surface area is 161 Å². The molecule has 1 heteroatoms. The second kappa shape index (κ2) is 7.22. The van der Waals surface area contributed by atoms with E-state index < -0.39 is 0 Å². The molecule has 6 rings (SSSR count). The van der Waals surface area contributed by atoms with Gasteiger partial charge in [0.25, 0.3) is 0 Å². The zero-order valence-electron chi connectivity index (χ0n) is 16.0. The van der Waals surface area contributed by atoms with Crippen molar-refractivity contribution < 1.29 is 6.85 Å². The first-order valence-electron chi connectivity index (χ1n) is 9.68. The fourth-order valence-electron chi connectivity index (χ4n) is 4.00. The first-order valence-corrected chi connectivity index (χ1v) is 9.10. The summed E-state index contributed by atoms with van der Waals surface area (Å²) in [7, 11) is 0. The highest BCUT2D eigenvalue weighted by Crippen LogP contribution is 2.28. The summed E-state index contributed by atoms with van der Waals surface area (Å²) < 4.78 is 7.90. The van der Waals surface area contributed by atoms with Crippen LogP contribution in [-0.4, -0.2) is 5.48 Å². The van der Waals surface area contributed by atoms with Crippen molar-refractivity contribution in [1.82, 2.24) is 0 Å². The molecule has 2 N–H and O–H groups in total. The summed E-state index contributed by atoms with van der Waals surface area (Å²) in [6.07, 6.45) is 9.32. The molecule has 1 unspecified atom stereocenters. The summed E-state index contributed by atoms with van der Waals surface area (Å²) in [6, 6.07) is 25.5. The quantitative estimate of drug-likeness (QED) is 0.372. The van der Waals surface area contributed by atoms with Gasteiger partial charge in [-0.25, -0.2) is 0 Å². The van der Waals surface area contributed by atoms with E-state index in [0.29, 0.717) is 0 Å². The Kier molecular flexibility index (Phi) is 4.29. The molecule has 0 saturated carbocycles. The minimum absolute atomic E-state index is 0. The van der Waals surface area contributed by atoms with Gasteiger partial charge in [0.05, 0.1) is 0 Å². The van der Waals surface area contributed by atoms with Crippen molar-refractivity contribution >= 4 is 33.7 Å². The molecule has 0 aromatic heterocycles. The van der Waals surface area contributed by atoms with Crippen LogP contribution in [-0.2, 0) is 12.8 Å². The Morgan fingerprint density at radius 2 is 1.11 bits per heavy atom. The van der Waals surface area contributed by atoms with Crippen molar-refractivity contribution in [3.05, 3.63) is 107 Å². The van der Waals surface area contributed by atoms with Gasteiger partial charge in [0.2, 0.25) is 0 Å². The van der Waals surface area contributed by atoms with Crippen LogP contribution in [0.5, 0.6) is 0 Å². The molecular weight excluding hydrogens is 328 g/mol. The lowest BCUT2D eigenvalue weighted by molar-refractivity contribution is 0.824. The molecule has 2 aliphatic rings. The Balaban J connectivity index is 0.000000133. The molecular formula is C26H22O. The van der Waals surface area contributed by atoms with Crippen molar-refractivity contribution in [1.29, 1.82) is 0 Å². The first kappa shape index (κ1) is 16.0. The normalized spacial score (nSPS) is 16.3. The maximum absolute atomic E-state index is 7.90. The molecule has 0 fully saturated rings. The van der Waals surface area contributed by atoms with Gasteiger partial charge >= 0.3 is 0 Å². The number of benzene rings is 4. The fourth-order valence-corrected chi connectivity index (χ4v) is 4.00. The van der Waals surface area contributed by atoms with Crippen LogP contribution in [0.1, 0.15) is 23.6 Å². The van der Waals surface area contributed by atoms with Crippen LogP contribution in [0.15, 0.2) is 84.9 Å². The average molecular weight is 351 g/mol. The molecule has 0 amide bonds. The molecule has 0 saturated heterocycles. The summed E-state index contributed by atoms with van der Waals surface area (Å²) in [6.45, 7) is 0.